The lowest BCUT2D eigenvalue weighted by atomic mass is 10.2. The van der Waals surface area contributed by atoms with Gasteiger partial charge in [-0.3, -0.25) is 10.1 Å². The summed E-state index contributed by atoms with van der Waals surface area (Å²) >= 11 is 0. The molecule has 122 valence electrons. The first-order valence-electron chi connectivity index (χ1n) is 6.83. The Hall–Kier alpha value is -3.53. The van der Waals surface area contributed by atoms with E-state index >= 15 is 0 Å². The normalized spacial score (nSPS) is 9.62. The molecule has 7 heteroatoms. The van der Waals surface area contributed by atoms with Crippen LogP contribution in [-0.4, -0.2) is 17.7 Å². The van der Waals surface area contributed by atoms with Gasteiger partial charge in [-0.15, -0.1) is 6.42 Å². The summed E-state index contributed by atoms with van der Waals surface area (Å²) in [6.07, 6.45) is 4.06. The van der Waals surface area contributed by atoms with Crippen LogP contribution < -0.4 is 9.47 Å². The summed E-state index contributed by atoms with van der Waals surface area (Å²) in [7, 11) is 0. The molecule has 0 saturated heterocycles. The van der Waals surface area contributed by atoms with Crippen molar-refractivity contribution in [2.45, 2.75) is 6.61 Å². The molecule has 0 aliphatic carbocycles. The van der Waals surface area contributed by atoms with Crippen molar-refractivity contribution < 1.29 is 23.9 Å². The van der Waals surface area contributed by atoms with E-state index in [2.05, 4.69) is 5.92 Å². The van der Waals surface area contributed by atoms with E-state index < -0.39 is 11.1 Å². The molecular formula is C17H13NO6. The number of nitro benzene ring substituents is 1. The van der Waals surface area contributed by atoms with Gasteiger partial charge in [0.2, 0.25) is 5.75 Å². The highest BCUT2D eigenvalue weighted by atomic mass is 16.7. The number of benzene rings is 2. The van der Waals surface area contributed by atoms with Crippen LogP contribution in [0.4, 0.5) is 10.5 Å². The van der Waals surface area contributed by atoms with E-state index in [9.17, 15) is 14.9 Å². The van der Waals surface area contributed by atoms with Gasteiger partial charge in [0.05, 0.1) is 4.92 Å². The molecule has 0 radical (unpaired) electrons. The quantitative estimate of drug-likeness (QED) is 0.266. The maximum Gasteiger partial charge on any atom is 0.514 e. The molecule has 24 heavy (non-hydrogen) atoms. The highest BCUT2D eigenvalue weighted by molar-refractivity contribution is 5.66. The van der Waals surface area contributed by atoms with Crippen molar-refractivity contribution in [1.82, 2.24) is 0 Å². The summed E-state index contributed by atoms with van der Waals surface area (Å²) in [4.78, 5) is 21.9. The number of carbonyl (C=O) groups is 1. The van der Waals surface area contributed by atoms with Crippen LogP contribution in [0.1, 0.15) is 5.56 Å². The molecule has 0 unspecified atom stereocenters. The minimum atomic E-state index is -1.03. The molecule has 0 fully saturated rings. The van der Waals surface area contributed by atoms with Crippen molar-refractivity contribution in [3.8, 4) is 23.8 Å². The number of para-hydroxylation sites is 2. The Morgan fingerprint density at radius 2 is 1.88 bits per heavy atom. The third-order valence-corrected chi connectivity index (χ3v) is 2.86. The zero-order valence-corrected chi connectivity index (χ0v) is 12.5. The Kier molecular flexibility index (Phi) is 5.75. The minimum Gasteiger partial charge on any atom is -0.481 e. The van der Waals surface area contributed by atoms with E-state index in [-0.39, 0.29) is 24.7 Å². The van der Waals surface area contributed by atoms with E-state index in [1.165, 1.54) is 24.3 Å². The molecule has 0 atom stereocenters. The van der Waals surface area contributed by atoms with Crippen molar-refractivity contribution in [1.29, 1.82) is 0 Å². The van der Waals surface area contributed by atoms with E-state index in [0.29, 0.717) is 11.3 Å². The Morgan fingerprint density at radius 3 is 2.54 bits per heavy atom. The summed E-state index contributed by atoms with van der Waals surface area (Å²) in [5.41, 5.74) is 0.382. The molecule has 7 nitrogen and oxygen atoms in total. The average molecular weight is 327 g/mol. The molecule has 0 aliphatic rings. The smallest absolute Gasteiger partial charge is 0.481 e. The standard InChI is InChI=1S/C17H13NO6/c1-2-11-22-14-9-7-13(8-10-14)12-23-17(19)24-16-6-4-3-5-15(16)18(20)21/h1,3-10H,11-12H2. The van der Waals surface area contributed by atoms with E-state index in [0.717, 1.165) is 0 Å². The lowest BCUT2D eigenvalue weighted by molar-refractivity contribution is -0.385. The van der Waals surface area contributed by atoms with Gasteiger partial charge in [0.25, 0.3) is 0 Å². The first-order valence-corrected chi connectivity index (χ1v) is 6.83. The van der Waals surface area contributed by atoms with Crippen molar-refractivity contribution in [3.05, 3.63) is 64.2 Å². The Balaban J connectivity index is 1.90. The van der Waals surface area contributed by atoms with Gasteiger partial charge in [-0.2, -0.15) is 0 Å². The fraction of sp³-hybridized carbons (Fsp3) is 0.118. The zero-order chi connectivity index (χ0) is 17.4. The molecule has 0 spiro atoms. The molecule has 0 heterocycles. The second-order valence-electron chi connectivity index (χ2n) is 4.50. The molecule has 2 aromatic carbocycles. The zero-order valence-electron chi connectivity index (χ0n) is 12.5. The molecule has 0 amide bonds. The van der Waals surface area contributed by atoms with Crippen LogP contribution in [0, 0.1) is 22.5 Å². The van der Waals surface area contributed by atoms with Gasteiger partial charge >= 0.3 is 11.8 Å². The predicted molar refractivity (Wildman–Crippen MR) is 84.7 cm³/mol. The van der Waals surface area contributed by atoms with Gasteiger partial charge < -0.3 is 14.2 Å². The maximum absolute atomic E-state index is 11.7. The summed E-state index contributed by atoms with van der Waals surface area (Å²) in [6, 6.07) is 12.3. The average Bonchev–Trinajstić information content (AvgIpc) is 2.59. The molecule has 0 N–H and O–H groups in total. The molecule has 0 aromatic heterocycles. The van der Waals surface area contributed by atoms with Crippen molar-refractivity contribution in [2.75, 3.05) is 6.61 Å². The van der Waals surface area contributed by atoms with Gasteiger partial charge in [0, 0.05) is 6.07 Å². The highest BCUT2D eigenvalue weighted by Crippen LogP contribution is 2.26. The van der Waals surface area contributed by atoms with Gasteiger partial charge in [-0.1, -0.05) is 30.2 Å². The number of rotatable bonds is 6. The first-order chi connectivity index (χ1) is 11.6. The monoisotopic (exact) mass is 327 g/mol. The minimum absolute atomic E-state index is 0.0467. The third-order valence-electron chi connectivity index (χ3n) is 2.86. The first kappa shape index (κ1) is 16.8. The fourth-order valence-electron chi connectivity index (χ4n) is 1.76. The summed E-state index contributed by atoms with van der Waals surface area (Å²) < 4.78 is 15.0. The topological polar surface area (TPSA) is 87.9 Å². The molecule has 0 saturated carbocycles. The number of ether oxygens (including phenoxy) is 3. The molecule has 0 bridgehead atoms. The number of carbonyl (C=O) groups excluding carboxylic acids is 1. The molecule has 2 aromatic rings. The van der Waals surface area contributed by atoms with Gasteiger partial charge in [0.1, 0.15) is 19.0 Å². The lowest BCUT2D eigenvalue weighted by Crippen LogP contribution is -2.11. The van der Waals surface area contributed by atoms with Crippen LogP contribution in [0.5, 0.6) is 11.5 Å². The van der Waals surface area contributed by atoms with Crippen LogP contribution in [0.25, 0.3) is 0 Å². The van der Waals surface area contributed by atoms with Crippen LogP contribution in [0.15, 0.2) is 48.5 Å². The van der Waals surface area contributed by atoms with Gasteiger partial charge in [-0.25, -0.2) is 4.79 Å². The summed E-state index contributed by atoms with van der Waals surface area (Å²) in [6.45, 7) is 0.118. The summed E-state index contributed by atoms with van der Waals surface area (Å²) in [5, 5.41) is 10.8. The van der Waals surface area contributed by atoms with E-state index in [1.807, 2.05) is 0 Å². The second-order valence-corrected chi connectivity index (χ2v) is 4.50. The van der Waals surface area contributed by atoms with Crippen LogP contribution in [0.2, 0.25) is 0 Å². The number of hydrogen-bond acceptors (Lipinski definition) is 6. The molecule has 2 rings (SSSR count). The fourth-order valence-corrected chi connectivity index (χ4v) is 1.76. The number of nitrogens with zero attached hydrogens (tertiary/aromatic N) is 1. The third kappa shape index (κ3) is 4.74. The van der Waals surface area contributed by atoms with E-state index in [1.54, 1.807) is 24.3 Å². The Morgan fingerprint density at radius 1 is 1.17 bits per heavy atom. The van der Waals surface area contributed by atoms with Crippen molar-refractivity contribution in [2.24, 2.45) is 0 Å². The number of hydrogen-bond donors (Lipinski definition) is 0. The maximum atomic E-state index is 11.7. The van der Waals surface area contributed by atoms with E-state index in [4.69, 9.17) is 20.6 Å². The second kappa shape index (κ2) is 8.19. The highest BCUT2D eigenvalue weighted by Gasteiger charge is 2.17. The number of terminal acetylenes is 1. The van der Waals surface area contributed by atoms with Crippen molar-refractivity contribution >= 4 is 11.8 Å². The van der Waals surface area contributed by atoms with Crippen LogP contribution in [0.3, 0.4) is 0 Å². The molecule has 0 aliphatic heterocycles. The lowest BCUT2D eigenvalue weighted by Gasteiger charge is -2.07. The van der Waals surface area contributed by atoms with Crippen LogP contribution >= 0.6 is 0 Å². The number of nitro groups is 1. The Bertz CT molecular complexity index is 763. The van der Waals surface area contributed by atoms with Gasteiger partial charge in [0.15, 0.2) is 0 Å². The van der Waals surface area contributed by atoms with Crippen molar-refractivity contribution in [3.63, 3.8) is 0 Å². The SMILES string of the molecule is C#CCOc1ccc(COC(=O)Oc2ccccc2[N+](=O)[O-])cc1. The Labute approximate surface area is 137 Å². The van der Waals surface area contributed by atoms with Gasteiger partial charge in [-0.05, 0) is 23.8 Å². The largest absolute Gasteiger partial charge is 0.514 e. The molecular weight excluding hydrogens is 314 g/mol. The predicted octanol–water partition coefficient (Wildman–Crippen LogP) is 3.32. The summed E-state index contributed by atoms with van der Waals surface area (Å²) in [5.74, 6) is 2.77. The van der Waals surface area contributed by atoms with Crippen LogP contribution in [-0.2, 0) is 11.3 Å².